The van der Waals surface area contributed by atoms with Crippen molar-refractivity contribution in [3.8, 4) is 0 Å². The molecule has 0 unspecified atom stereocenters. The molecule has 2 aromatic rings. The summed E-state index contributed by atoms with van der Waals surface area (Å²) in [5, 5.41) is 0.874. The quantitative estimate of drug-likeness (QED) is 0.939. The van der Waals surface area contributed by atoms with Gasteiger partial charge in [-0.05, 0) is 38.1 Å². The van der Waals surface area contributed by atoms with Crippen LogP contribution >= 0.6 is 11.3 Å². The zero-order valence-corrected chi connectivity index (χ0v) is 13.0. The average molecular weight is 304 g/mol. The number of nitrogen functional groups attached to an aromatic ring is 1. The van der Waals surface area contributed by atoms with Gasteiger partial charge in [0.15, 0.2) is 0 Å². The van der Waals surface area contributed by atoms with Crippen molar-refractivity contribution in [1.29, 1.82) is 0 Å². The monoisotopic (exact) mass is 304 g/mol. The second kappa shape index (κ2) is 5.99. The first-order chi connectivity index (χ1) is 10.2. The van der Waals surface area contributed by atoms with Crippen LogP contribution in [0.2, 0.25) is 0 Å². The molecule has 1 aliphatic rings. The van der Waals surface area contributed by atoms with E-state index in [-0.39, 0.29) is 5.91 Å². The van der Waals surface area contributed by atoms with Gasteiger partial charge in [-0.15, -0.1) is 11.3 Å². The number of amides is 1. The third kappa shape index (κ3) is 2.87. The van der Waals surface area contributed by atoms with Gasteiger partial charge < -0.3 is 15.5 Å². The summed E-state index contributed by atoms with van der Waals surface area (Å²) in [6.45, 7) is 3.97. The van der Waals surface area contributed by atoms with Crippen LogP contribution < -0.4 is 5.73 Å². The molecule has 1 amide bonds. The van der Waals surface area contributed by atoms with Gasteiger partial charge in [0.25, 0.3) is 5.91 Å². The fraction of sp³-hybridized carbons (Fsp3) is 0.467. The van der Waals surface area contributed by atoms with Crippen LogP contribution in [0, 0.1) is 0 Å². The molecule has 2 N–H and O–H groups in total. The number of nitrogens with zero attached hydrogens (tertiary/aromatic N) is 3. The number of hydrogen-bond acceptors (Lipinski definition) is 5. The zero-order valence-electron chi connectivity index (χ0n) is 12.2. The molecule has 0 bridgehead atoms. The SMILES string of the molecule is CN(CCN1CCCC1)C(=O)c1sc2ncccc2c1N. The van der Waals surface area contributed by atoms with E-state index in [4.69, 9.17) is 5.73 Å². The Morgan fingerprint density at radius 2 is 2.24 bits per heavy atom. The molecule has 0 radical (unpaired) electrons. The number of likely N-dealkylation sites (tertiary alicyclic amines) is 1. The highest BCUT2D eigenvalue weighted by Crippen LogP contribution is 2.32. The Morgan fingerprint density at radius 1 is 1.48 bits per heavy atom. The number of anilines is 1. The van der Waals surface area contributed by atoms with Crippen molar-refractivity contribution in [2.45, 2.75) is 12.8 Å². The predicted molar refractivity (Wildman–Crippen MR) is 86.7 cm³/mol. The van der Waals surface area contributed by atoms with E-state index in [9.17, 15) is 4.79 Å². The van der Waals surface area contributed by atoms with Crippen LogP contribution in [-0.2, 0) is 0 Å². The number of carbonyl (C=O) groups excluding carboxylic acids is 1. The molecular weight excluding hydrogens is 284 g/mol. The first-order valence-electron chi connectivity index (χ1n) is 7.27. The topological polar surface area (TPSA) is 62.5 Å². The minimum absolute atomic E-state index is 0.00491. The molecule has 21 heavy (non-hydrogen) atoms. The molecule has 6 heteroatoms. The van der Waals surface area contributed by atoms with Crippen molar-refractivity contribution in [2.24, 2.45) is 0 Å². The van der Waals surface area contributed by atoms with Gasteiger partial charge in [-0.1, -0.05) is 0 Å². The number of hydrogen-bond donors (Lipinski definition) is 1. The minimum atomic E-state index is -0.00491. The Balaban J connectivity index is 1.71. The van der Waals surface area contributed by atoms with Gasteiger partial charge in [-0.2, -0.15) is 0 Å². The normalized spacial score (nSPS) is 15.7. The van der Waals surface area contributed by atoms with Gasteiger partial charge in [0.1, 0.15) is 9.71 Å². The number of carbonyl (C=O) groups is 1. The molecule has 1 saturated heterocycles. The lowest BCUT2D eigenvalue weighted by Crippen LogP contribution is -2.35. The second-order valence-corrected chi connectivity index (χ2v) is 6.48. The Kier molecular flexibility index (Phi) is 4.07. The number of likely N-dealkylation sites (N-methyl/N-ethyl adjacent to an activating group) is 1. The third-order valence-corrected chi connectivity index (χ3v) is 5.11. The van der Waals surface area contributed by atoms with Crippen LogP contribution in [0.15, 0.2) is 18.3 Å². The Morgan fingerprint density at radius 3 is 2.95 bits per heavy atom. The van der Waals surface area contributed by atoms with Crippen molar-refractivity contribution in [3.05, 3.63) is 23.2 Å². The number of thiophene rings is 1. The maximum absolute atomic E-state index is 12.5. The standard InChI is InChI=1S/C15H20N4OS/c1-18(9-10-19-7-2-3-8-19)15(20)13-12(16)11-5-4-6-17-14(11)21-13/h4-6H,2-3,7-10,16H2,1H3. The molecule has 0 saturated carbocycles. The van der Waals surface area contributed by atoms with Gasteiger partial charge in [0.2, 0.25) is 0 Å². The molecule has 5 nitrogen and oxygen atoms in total. The summed E-state index contributed by atoms with van der Waals surface area (Å²) in [5.74, 6) is -0.00491. The summed E-state index contributed by atoms with van der Waals surface area (Å²) in [7, 11) is 1.84. The van der Waals surface area contributed by atoms with Crippen LogP contribution in [0.4, 0.5) is 5.69 Å². The first-order valence-corrected chi connectivity index (χ1v) is 8.09. The molecule has 0 aliphatic carbocycles. The number of fused-ring (bicyclic) bond motifs is 1. The number of aromatic nitrogens is 1. The fourth-order valence-corrected chi connectivity index (χ4v) is 3.74. The highest BCUT2D eigenvalue weighted by Gasteiger charge is 2.21. The molecule has 1 aliphatic heterocycles. The van der Waals surface area contributed by atoms with Crippen LogP contribution in [0.25, 0.3) is 10.2 Å². The van der Waals surface area contributed by atoms with Crippen LogP contribution in [0.1, 0.15) is 22.5 Å². The zero-order chi connectivity index (χ0) is 14.8. The number of pyridine rings is 1. The minimum Gasteiger partial charge on any atom is -0.397 e. The summed E-state index contributed by atoms with van der Waals surface area (Å²) < 4.78 is 0. The Labute approximate surface area is 128 Å². The van der Waals surface area contributed by atoms with E-state index in [0.717, 1.165) is 36.4 Å². The molecule has 0 spiro atoms. The van der Waals surface area contributed by atoms with Gasteiger partial charge in [-0.25, -0.2) is 4.98 Å². The van der Waals surface area contributed by atoms with Crippen molar-refractivity contribution in [1.82, 2.24) is 14.8 Å². The van der Waals surface area contributed by atoms with E-state index in [1.165, 1.54) is 24.2 Å². The van der Waals surface area contributed by atoms with Gasteiger partial charge >= 0.3 is 0 Å². The van der Waals surface area contributed by atoms with Crippen LogP contribution in [0.5, 0.6) is 0 Å². The van der Waals surface area contributed by atoms with Gasteiger partial charge in [0.05, 0.1) is 5.69 Å². The highest BCUT2D eigenvalue weighted by molar-refractivity contribution is 7.21. The maximum Gasteiger partial charge on any atom is 0.265 e. The van der Waals surface area contributed by atoms with Crippen molar-refractivity contribution < 1.29 is 4.79 Å². The van der Waals surface area contributed by atoms with E-state index in [2.05, 4.69) is 9.88 Å². The van der Waals surface area contributed by atoms with Crippen LogP contribution in [-0.4, -0.2) is 53.9 Å². The van der Waals surface area contributed by atoms with Crippen molar-refractivity contribution in [2.75, 3.05) is 39.0 Å². The molecule has 2 aromatic heterocycles. The molecule has 3 rings (SSSR count). The predicted octanol–water partition coefficient (Wildman–Crippen LogP) is 2.05. The first kappa shape index (κ1) is 14.3. The largest absolute Gasteiger partial charge is 0.397 e. The number of rotatable bonds is 4. The molecule has 112 valence electrons. The lowest BCUT2D eigenvalue weighted by molar-refractivity contribution is 0.0788. The lowest BCUT2D eigenvalue weighted by Gasteiger charge is -2.21. The summed E-state index contributed by atoms with van der Waals surface area (Å²) in [6.07, 6.45) is 4.27. The maximum atomic E-state index is 12.5. The molecule has 0 atom stereocenters. The highest BCUT2D eigenvalue weighted by atomic mass is 32.1. The molecule has 0 aromatic carbocycles. The summed E-state index contributed by atoms with van der Waals surface area (Å²) in [4.78, 5) is 22.4. The third-order valence-electron chi connectivity index (χ3n) is 4.00. The van der Waals surface area contributed by atoms with Crippen LogP contribution in [0.3, 0.4) is 0 Å². The Hall–Kier alpha value is -1.66. The van der Waals surface area contributed by atoms with Crippen molar-refractivity contribution >= 4 is 33.1 Å². The Bertz CT molecular complexity index is 648. The summed E-state index contributed by atoms with van der Waals surface area (Å²) in [6, 6.07) is 3.76. The van der Waals surface area contributed by atoms with Crippen molar-refractivity contribution in [3.63, 3.8) is 0 Å². The summed E-state index contributed by atoms with van der Waals surface area (Å²) >= 11 is 1.38. The average Bonchev–Trinajstić information content (AvgIpc) is 3.13. The van der Waals surface area contributed by atoms with E-state index in [1.807, 2.05) is 19.2 Å². The molecular formula is C15H20N4OS. The smallest absolute Gasteiger partial charge is 0.265 e. The number of nitrogens with two attached hydrogens (primary N) is 1. The molecule has 3 heterocycles. The van der Waals surface area contributed by atoms with E-state index >= 15 is 0 Å². The second-order valence-electron chi connectivity index (χ2n) is 5.48. The van der Waals surface area contributed by atoms with Gasteiger partial charge in [-0.3, -0.25) is 4.79 Å². The van der Waals surface area contributed by atoms with E-state index in [1.54, 1.807) is 11.1 Å². The van der Waals surface area contributed by atoms with E-state index in [0.29, 0.717) is 10.6 Å². The molecule has 1 fully saturated rings. The van der Waals surface area contributed by atoms with Gasteiger partial charge in [0, 0.05) is 31.7 Å². The summed E-state index contributed by atoms with van der Waals surface area (Å²) in [5.41, 5.74) is 6.67. The fourth-order valence-electron chi connectivity index (χ4n) is 2.68. The van der Waals surface area contributed by atoms with E-state index < -0.39 is 0 Å². The lowest BCUT2D eigenvalue weighted by atomic mass is 10.2.